The number of carbonyl (C=O) groups excluding carboxylic acids is 1. The Bertz CT molecular complexity index is 171. The van der Waals surface area contributed by atoms with Crippen LogP contribution in [0.15, 0.2) is 12.3 Å². The molecule has 0 unspecified atom stereocenters. The lowest BCUT2D eigenvalue weighted by atomic mass is 10.5. The minimum absolute atomic E-state index is 0.102. The highest BCUT2D eigenvalue weighted by Crippen LogP contribution is 2.24. The van der Waals surface area contributed by atoms with Crippen LogP contribution in [0.2, 0.25) is 0 Å². The standard InChI is InChI=1S/C6H7F3O2/c1-3-5(10)11-4(2)6(7,8)9/h2-3H2,1H3. The van der Waals surface area contributed by atoms with Gasteiger partial charge in [0.2, 0.25) is 5.76 Å². The first-order valence-corrected chi connectivity index (χ1v) is 2.84. The largest absolute Gasteiger partial charge is 0.449 e. The Kier molecular flexibility index (Phi) is 3.10. The summed E-state index contributed by atoms with van der Waals surface area (Å²) in [7, 11) is 0. The van der Waals surface area contributed by atoms with E-state index in [9.17, 15) is 18.0 Å². The summed E-state index contributed by atoms with van der Waals surface area (Å²) < 4.78 is 38.5. The van der Waals surface area contributed by atoms with E-state index in [2.05, 4.69) is 11.3 Å². The van der Waals surface area contributed by atoms with Gasteiger partial charge in [-0.3, -0.25) is 4.79 Å². The maximum atomic E-state index is 11.6. The zero-order valence-electron chi connectivity index (χ0n) is 5.86. The fraction of sp³-hybridized carbons (Fsp3) is 0.500. The van der Waals surface area contributed by atoms with Gasteiger partial charge in [-0.1, -0.05) is 13.5 Å². The molecule has 0 N–H and O–H groups in total. The molecule has 0 bridgehead atoms. The average Bonchev–Trinajstić information content (AvgIpc) is 1.85. The molecule has 0 aliphatic rings. The second kappa shape index (κ2) is 3.41. The molecule has 0 radical (unpaired) electrons. The van der Waals surface area contributed by atoms with Gasteiger partial charge in [0.25, 0.3) is 0 Å². The van der Waals surface area contributed by atoms with E-state index in [1.165, 1.54) is 6.92 Å². The first-order valence-electron chi connectivity index (χ1n) is 2.84. The number of rotatable bonds is 2. The van der Waals surface area contributed by atoms with E-state index in [0.29, 0.717) is 0 Å². The van der Waals surface area contributed by atoms with Crippen LogP contribution in [0.3, 0.4) is 0 Å². The molecule has 0 aromatic heterocycles. The highest BCUT2D eigenvalue weighted by Gasteiger charge is 2.35. The highest BCUT2D eigenvalue weighted by atomic mass is 19.4. The third-order valence-corrected chi connectivity index (χ3v) is 0.842. The molecule has 0 aliphatic heterocycles. The molecule has 5 heteroatoms. The van der Waals surface area contributed by atoms with Crippen molar-refractivity contribution in [3.8, 4) is 0 Å². The van der Waals surface area contributed by atoms with Gasteiger partial charge in [0.15, 0.2) is 0 Å². The van der Waals surface area contributed by atoms with Gasteiger partial charge in [-0.2, -0.15) is 13.2 Å². The molecule has 0 heterocycles. The Balaban J connectivity index is 3.99. The number of allylic oxidation sites excluding steroid dienone is 1. The van der Waals surface area contributed by atoms with Crippen LogP contribution in [0.4, 0.5) is 13.2 Å². The summed E-state index contributed by atoms with van der Waals surface area (Å²) in [4.78, 5) is 10.3. The molecule has 0 rings (SSSR count). The molecule has 0 saturated carbocycles. The number of ether oxygens (including phenoxy) is 1. The van der Waals surface area contributed by atoms with Gasteiger partial charge in [0.1, 0.15) is 0 Å². The minimum atomic E-state index is -4.65. The number of halogens is 3. The van der Waals surface area contributed by atoms with Crippen molar-refractivity contribution in [1.82, 2.24) is 0 Å². The van der Waals surface area contributed by atoms with Gasteiger partial charge in [0, 0.05) is 6.42 Å². The zero-order chi connectivity index (χ0) is 9.07. The summed E-state index contributed by atoms with van der Waals surface area (Å²) in [5.41, 5.74) is 0. The number of hydrogen-bond donors (Lipinski definition) is 0. The molecule has 0 fully saturated rings. The van der Waals surface area contributed by atoms with Crippen LogP contribution < -0.4 is 0 Å². The van der Waals surface area contributed by atoms with Crippen molar-refractivity contribution >= 4 is 5.97 Å². The second-order valence-corrected chi connectivity index (χ2v) is 1.75. The average molecular weight is 168 g/mol. The Morgan fingerprint density at radius 3 is 2.27 bits per heavy atom. The summed E-state index contributed by atoms with van der Waals surface area (Å²) in [6.45, 7) is 3.94. The minimum Gasteiger partial charge on any atom is -0.422 e. The van der Waals surface area contributed by atoms with E-state index < -0.39 is 17.9 Å². The van der Waals surface area contributed by atoms with Crippen molar-refractivity contribution in [3.05, 3.63) is 12.3 Å². The topological polar surface area (TPSA) is 26.3 Å². The predicted molar refractivity (Wildman–Crippen MR) is 31.6 cm³/mol. The monoisotopic (exact) mass is 168 g/mol. The van der Waals surface area contributed by atoms with Gasteiger partial charge in [-0.15, -0.1) is 0 Å². The highest BCUT2D eigenvalue weighted by molar-refractivity contribution is 5.70. The summed E-state index contributed by atoms with van der Waals surface area (Å²) in [6, 6.07) is 0. The fourth-order valence-electron chi connectivity index (χ4n) is 0.267. The molecule has 64 valence electrons. The molecule has 0 atom stereocenters. The van der Waals surface area contributed by atoms with Crippen LogP contribution >= 0.6 is 0 Å². The lowest BCUT2D eigenvalue weighted by molar-refractivity contribution is -0.159. The van der Waals surface area contributed by atoms with Crippen LogP contribution in [0.25, 0.3) is 0 Å². The van der Waals surface area contributed by atoms with Crippen LogP contribution in [0, 0.1) is 0 Å². The smallest absolute Gasteiger partial charge is 0.422 e. The maximum Gasteiger partial charge on any atom is 0.449 e. The van der Waals surface area contributed by atoms with Crippen LogP contribution in [-0.2, 0) is 9.53 Å². The van der Waals surface area contributed by atoms with Crippen molar-refractivity contribution in [2.75, 3.05) is 0 Å². The lowest BCUT2D eigenvalue weighted by Gasteiger charge is -2.08. The van der Waals surface area contributed by atoms with Gasteiger partial charge in [-0.05, 0) is 0 Å². The molecule has 0 amide bonds. The number of alkyl halides is 3. The molecule has 0 saturated heterocycles. The Morgan fingerprint density at radius 1 is 1.55 bits per heavy atom. The van der Waals surface area contributed by atoms with E-state index in [4.69, 9.17) is 0 Å². The van der Waals surface area contributed by atoms with Gasteiger partial charge in [-0.25, -0.2) is 0 Å². The van der Waals surface area contributed by atoms with E-state index in [1.807, 2.05) is 0 Å². The Labute approximate surface area is 61.6 Å². The molecular formula is C6H7F3O2. The summed E-state index contributed by atoms with van der Waals surface area (Å²) in [6.07, 6.45) is -4.75. The van der Waals surface area contributed by atoms with Crippen LogP contribution in [0.5, 0.6) is 0 Å². The van der Waals surface area contributed by atoms with Crippen molar-refractivity contribution in [1.29, 1.82) is 0 Å². The third-order valence-electron chi connectivity index (χ3n) is 0.842. The molecule has 0 aromatic carbocycles. The van der Waals surface area contributed by atoms with Crippen molar-refractivity contribution in [2.45, 2.75) is 19.5 Å². The predicted octanol–water partition coefficient (Wildman–Crippen LogP) is 2.02. The number of esters is 1. The van der Waals surface area contributed by atoms with Crippen molar-refractivity contribution in [2.24, 2.45) is 0 Å². The summed E-state index contributed by atoms with van der Waals surface area (Å²) in [5, 5.41) is 0. The Hall–Kier alpha value is -1.00. The van der Waals surface area contributed by atoms with Gasteiger partial charge in [0.05, 0.1) is 0 Å². The molecule has 2 nitrogen and oxygen atoms in total. The molecule has 0 aliphatic carbocycles. The van der Waals surface area contributed by atoms with E-state index in [-0.39, 0.29) is 6.42 Å². The number of carbonyl (C=O) groups is 1. The molecule has 11 heavy (non-hydrogen) atoms. The zero-order valence-corrected chi connectivity index (χ0v) is 5.86. The lowest BCUT2D eigenvalue weighted by Crippen LogP contribution is -2.16. The van der Waals surface area contributed by atoms with Crippen molar-refractivity contribution < 1.29 is 22.7 Å². The van der Waals surface area contributed by atoms with E-state index in [0.717, 1.165) is 0 Å². The quantitative estimate of drug-likeness (QED) is 0.465. The fourth-order valence-corrected chi connectivity index (χ4v) is 0.267. The first-order chi connectivity index (χ1) is 4.88. The van der Waals surface area contributed by atoms with Gasteiger partial charge < -0.3 is 4.74 Å². The van der Waals surface area contributed by atoms with E-state index >= 15 is 0 Å². The Morgan fingerprint density at radius 2 is 2.00 bits per heavy atom. The maximum absolute atomic E-state index is 11.6. The normalized spacial score (nSPS) is 10.9. The van der Waals surface area contributed by atoms with Crippen molar-refractivity contribution in [3.63, 3.8) is 0 Å². The molecule has 0 aromatic rings. The van der Waals surface area contributed by atoms with E-state index in [1.54, 1.807) is 0 Å². The number of hydrogen-bond acceptors (Lipinski definition) is 2. The second-order valence-electron chi connectivity index (χ2n) is 1.75. The third kappa shape index (κ3) is 3.64. The van der Waals surface area contributed by atoms with Crippen LogP contribution in [-0.4, -0.2) is 12.1 Å². The van der Waals surface area contributed by atoms with Gasteiger partial charge >= 0.3 is 12.1 Å². The summed E-state index contributed by atoms with van der Waals surface area (Å²) in [5.74, 6) is -2.41. The van der Waals surface area contributed by atoms with Crippen LogP contribution in [0.1, 0.15) is 13.3 Å². The first kappa shape index (κ1) is 10.0. The molecule has 0 spiro atoms. The summed E-state index contributed by atoms with van der Waals surface area (Å²) >= 11 is 0. The SMILES string of the molecule is C=C(OC(=O)CC)C(F)(F)F. The molecular weight excluding hydrogens is 161 g/mol.